The van der Waals surface area contributed by atoms with Crippen molar-refractivity contribution in [2.24, 2.45) is 0 Å². The van der Waals surface area contributed by atoms with Crippen LogP contribution >= 0.6 is 11.8 Å². The number of thioether (sulfide) groups is 1. The highest BCUT2D eigenvalue weighted by atomic mass is 32.2. The molecule has 132 valence electrons. The Morgan fingerprint density at radius 1 is 1.36 bits per heavy atom. The zero-order chi connectivity index (χ0) is 17.2. The van der Waals surface area contributed by atoms with E-state index in [1.165, 1.54) is 24.6 Å². The lowest BCUT2D eigenvalue weighted by atomic mass is 10.2. The zero-order valence-corrected chi connectivity index (χ0v) is 14.8. The Morgan fingerprint density at radius 2 is 2.16 bits per heavy atom. The largest absolute Gasteiger partial charge is 0.486 e. The zero-order valence-electron chi connectivity index (χ0n) is 14.0. The second kappa shape index (κ2) is 6.95. The van der Waals surface area contributed by atoms with Crippen molar-refractivity contribution < 1.29 is 14.3 Å². The van der Waals surface area contributed by atoms with Gasteiger partial charge in [-0.15, -0.1) is 10.2 Å². The monoisotopic (exact) mass is 360 g/mol. The Kier molecular flexibility index (Phi) is 4.52. The van der Waals surface area contributed by atoms with Crippen LogP contribution in [0.4, 0.5) is 0 Å². The van der Waals surface area contributed by atoms with Crippen molar-refractivity contribution in [2.45, 2.75) is 30.1 Å². The minimum absolute atomic E-state index is 0.0396. The highest BCUT2D eigenvalue weighted by Gasteiger charge is 2.27. The van der Waals surface area contributed by atoms with E-state index in [2.05, 4.69) is 14.8 Å². The van der Waals surface area contributed by atoms with Gasteiger partial charge in [-0.25, -0.2) is 0 Å². The van der Waals surface area contributed by atoms with Crippen LogP contribution in [-0.4, -0.2) is 57.6 Å². The number of carbonyl (C=O) groups is 1. The van der Waals surface area contributed by atoms with Crippen LogP contribution in [0.2, 0.25) is 0 Å². The summed E-state index contributed by atoms with van der Waals surface area (Å²) in [6.07, 6.45) is 3.92. The second-order valence-electron chi connectivity index (χ2n) is 6.31. The summed E-state index contributed by atoms with van der Waals surface area (Å²) in [7, 11) is 1.79. The van der Waals surface area contributed by atoms with E-state index < -0.39 is 0 Å². The van der Waals surface area contributed by atoms with Gasteiger partial charge in [0.25, 0.3) is 0 Å². The Hall–Kier alpha value is -2.22. The van der Waals surface area contributed by atoms with Gasteiger partial charge in [0.15, 0.2) is 22.8 Å². The van der Waals surface area contributed by atoms with E-state index in [1.54, 1.807) is 18.3 Å². The van der Waals surface area contributed by atoms with Gasteiger partial charge in [-0.3, -0.25) is 4.79 Å². The average Bonchev–Trinajstić information content (AvgIpc) is 3.37. The van der Waals surface area contributed by atoms with Gasteiger partial charge < -0.3 is 18.9 Å². The predicted octanol–water partition coefficient (Wildman–Crippen LogP) is 2.00. The smallest absolute Gasteiger partial charge is 0.232 e. The Labute approximate surface area is 150 Å². The molecular formula is C17H20N4O3S. The Balaban J connectivity index is 1.28. The molecule has 1 fully saturated rings. The van der Waals surface area contributed by atoms with E-state index in [0.717, 1.165) is 16.7 Å². The maximum atomic E-state index is 12.4. The first-order valence-corrected chi connectivity index (χ1v) is 9.34. The van der Waals surface area contributed by atoms with Gasteiger partial charge in [0.2, 0.25) is 5.91 Å². The summed E-state index contributed by atoms with van der Waals surface area (Å²) in [6, 6.07) is 8.09. The topological polar surface area (TPSA) is 69.5 Å². The summed E-state index contributed by atoms with van der Waals surface area (Å²) in [5, 5.41) is 8.88. The number of amides is 1. The van der Waals surface area contributed by atoms with Crippen molar-refractivity contribution in [2.75, 3.05) is 26.0 Å². The number of hydrogen-bond acceptors (Lipinski definition) is 6. The van der Waals surface area contributed by atoms with Crippen molar-refractivity contribution in [3.05, 3.63) is 30.6 Å². The summed E-state index contributed by atoms with van der Waals surface area (Å²) in [6.45, 7) is 0.931. The molecule has 0 bridgehead atoms. The summed E-state index contributed by atoms with van der Waals surface area (Å²) in [4.78, 5) is 14.1. The van der Waals surface area contributed by atoms with Crippen molar-refractivity contribution >= 4 is 17.7 Å². The fourth-order valence-electron chi connectivity index (χ4n) is 2.74. The maximum Gasteiger partial charge on any atom is 0.232 e. The number of rotatable bonds is 6. The van der Waals surface area contributed by atoms with Gasteiger partial charge in [-0.05, 0) is 25.0 Å². The van der Waals surface area contributed by atoms with Crippen LogP contribution in [-0.2, 0) is 4.79 Å². The van der Waals surface area contributed by atoms with E-state index in [0.29, 0.717) is 24.9 Å². The normalized spacial score (nSPS) is 18.8. The van der Waals surface area contributed by atoms with Crippen LogP contribution in [0, 0.1) is 0 Å². The van der Waals surface area contributed by atoms with Gasteiger partial charge in [-0.1, -0.05) is 23.9 Å². The van der Waals surface area contributed by atoms with Gasteiger partial charge >= 0.3 is 0 Å². The molecule has 7 nitrogen and oxygen atoms in total. The third-order valence-electron chi connectivity index (χ3n) is 4.28. The van der Waals surface area contributed by atoms with Crippen LogP contribution in [0.5, 0.6) is 11.5 Å². The number of hydrogen-bond donors (Lipinski definition) is 0. The van der Waals surface area contributed by atoms with Crippen molar-refractivity contribution in [1.82, 2.24) is 19.7 Å². The molecule has 4 rings (SSSR count). The highest BCUT2D eigenvalue weighted by molar-refractivity contribution is 7.99. The van der Waals surface area contributed by atoms with Crippen LogP contribution in [0.25, 0.3) is 0 Å². The highest BCUT2D eigenvalue weighted by Crippen LogP contribution is 2.37. The molecule has 0 spiro atoms. The molecule has 1 aliphatic heterocycles. The molecule has 2 heterocycles. The second-order valence-corrected chi connectivity index (χ2v) is 7.25. The lowest BCUT2D eigenvalue weighted by Crippen LogP contribution is -2.42. The predicted molar refractivity (Wildman–Crippen MR) is 93.0 cm³/mol. The molecule has 1 aromatic carbocycles. The first-order valence-electron chi connectivity index (χ1n) is 8.35. The fraction of sp³-hybridized carbons (Fsp3) is 0.471. The van der Waals surface area contributed by atoms with Crippen molar-refractivity contribution in [1.29, 1.82) is 0 Å². The number of para-hydroxylation sites is 2. The van der Waals surface area contributed by atoms with Crippen molar-refractivity contribution in [3.63, 3.8) is 0 Å². The number of benzene rings is 1. The summed E-state index contributed by atoms with van der Waals surface area (Å²) in [5.41, 5.74) is 0. The van der Waals surface area contributed by atoms with Gasteiger partial charge in [0, 0.05) is 13.1 Å². The molecule has 2 aromatic rings. The molecule has 0 N–H and O–H groups in total. The quantitative estimate of drug-likeness (QED) is 0.734. The molecule has 1 aliphatic carbocycles. The van der Waals surface area contributed by atoms with Gasteiger partial charge in [0.1, 0.15) is 12.9 Å². The Bertz CT molecular complexity index is 762. The van der Waals surface area contributed by atoms with E-state index >= 15 is 0 Å². The SMILES string of the molecule is CN(C[C@@H]1COc2ccccc2O1)C(=O)CSc1nncn1C1CC1. The lowest BCUT2D eigenvalue weighted by Gasteiger charge is -2.29. The van der Waals surface area contributed by atoms with E-state index in [9.17, 15) is 4.79 Å². The molecule has 1 atom stereocenters. The number of likely N-dealkylation sites (N-methyl/N-ethyl adjacent to an activating group) is 1. The minimum Gasteiger partial charge on any atom is -0.486 e. The third-order valence-corrected chi connectivity index (χ3v) is 5.22. The molecule has 8 heteroatoms. The third kappa shape index (κ3) is 3.73. The molecule has 0 radical (unpaired) electrons. The van der Waals surface area contributed by atoms with E-state index in [1.807, 2.05) is 24.3 Å². The standard InChI is InChI=1S/C17H20N4O3S/c1-20(8-13-9-23-14-4-2-3-5-15(14)24-13)16(22)10-25-17-19-18-11-21(17)12-6-7-12/h2-5,11-13H,6-10H2,1H3/t13-/m1/s1. The van der Waals surface area contributed by atoms with Gasteiger partial charge in [0.05, 0.1) is 12.3 Å². The summed E-state index contributed by atoms with van der Waals surface area (Å²) >= 11 is 1.44. The lowest BCUT2D eigenvalue weighted by molar-refractivity contribution is -0.128. The number of nitrogens with zero attached hydrogens (tertiary/aromatic N) is 4. The first-order chi connectivity index (χ1) is 12.2. The molecule has 1 aromatic heterocycles. The molecular weight excluding hydrogens is 340 g/mol. The Morgan fingerprint density at radius 3 is 2.96 bits per heavy atom. The fourth-order valence-corrected chi connectivity index (χ4v) is 3.66. The van der Waals surface area contributed by atoms with Crippen LogP contribution in [0.1, 0.15) is 18.9 Å². The number of aromatic nitrogens is 3. The van der Waals surface area contributed by atoms with E-state index in [4.69, 9.17) is 9.47 Å². The number of ether oxygens (including phenoxy) is 2. The molecule has 1 amide bonds. The van der Waals surface area contributed by atoms with Gasteiger partial charge in [-0.2, -0.15) is 0 Å². The van der Waals surface area contributed by atoms with Crippen LogP contribution in [0.15, 0.2) is 35.7 Å². The molecule has 2 aliphatic rings. The summed E-state index contributed by atoms with van der Waals surface area (Å²) < 4.78 is 13.7. The van der Waals surface area contributed by atoms with Crippen molar-refractivity contribution in [3.8, 4) is 11.5 Å². The number of carbonyl (C=O) groups excluding carboxylic acids is 1. The minimum atomic E-state index is -0.163. The van der Waals surface area contributed by atoms with Crippen LogP contribution < -0.4 is 9.47 Å². The van der Waals surface area contributed by atoms with Crippen LogP contribution in [0.3, 0.4) is 0 Å². The molecule has 1 saturated carbocycles. The summed E-state index contributed by atoms with van der Waals surface area (Å²) in [5.74, 6) is 1.86. The molecule has 0 unspecified atom stereocenters. The molecule has 25 heavy (non-hydrogen) atoms. The molecule has 0 saturated heterocycles. The number of fused-ring (bicyclic) bond motifs is 1. The first kappa shape index (κ1) is 16.3. The van der Waals surface area contributed by atoms with E-state index in [-0.39, 0.29) is 12.0 Å². The average molecular weight is 360 g/mol. The maximum absolute atomic E-state index is 12.4.